The number of amides is 2. The molecule has 2 aromatic rings. The smallest absolute Gasteiger partial charge is 0.250 e. The van der Waals surface area contributed by atoms with Crippen molar-refractivity contribution in [2.75, 3.05) is 13.7 Å². The van der Waals surface area contributed by atoms with Crippen LogP contribution in [0, 0.1) is 0 Å². The summed E-state index contributed by atoms with van der Waals surface area (Å²) < 4.78 is 5.37. The van der Waals surface area contributed by atoms with Crippen molar-refractivity contribution in [3.63, 3.8) is 0 Å². The third kappa shape index (κ3) is 4.31. The lowest BCUT2D eigenvalue weighted by atomic mass is 9.91. The Balaban J connectivity index is 1.68. The van der Waals surface area contributed by atoms with Gasteiger partial charge in [-0.25, -0.2) is 0 Å². The molecule has 1 saturated carbocycles. The Morgan fingerprint density at radius 2 is 1.77 bits per heavy atom. The van der Waals surface area contributed by atoms with Crippen LogP contribution in [0.5, 0.6) is 5.75 Å². The monoisotopic (exact) mass is 426 g/mol. The Labute approximate surface area is 182 Å². The molecule has 30 heavy (non-hydrogen) atoms. The first-order valence-electron chi connectivity index (χ1n) is 10.5. The number of benzene rings is 2. The van der Waals surface area contributed by atoms with Crippen LogP contribution in [0.25, 0.3) is 0 Å². The number of halogens is 1. The molecule has 0 N–H and O–H groups in total. The number of methoxy groups -OCH3 is 1. The molecule has 0 spiro atoms. The normalized spacial score (nSPS) is 20.5. The molecule has 158 valence electrons. The fourth-order valence-electron chi connectivity index (χ4n) is 4.55. The fourth-order valence-corrected chi connectivity index (χ4v) is 4.68. The number of carbonyl (C=O) groups excluding carboxylic acids is 2. The number of piperazine rings is 1. The van der Waals surface area contributed by atoms with Crippen molar-refractivity contribution in [2.45, 2.75) is 50.7 Å². The van der Waals surface area contributed by atoms with Gasteiger partial charge in [0.25, 0.3) is 5.91 Å². The summed E-state index contributed by atoms with van der Waals surface area (Å²) in [5.74, 6) is 0.653. The molecule has 0 bridgehead atoms. The molecule has 0 radical (unpaired) electrons. The number of ether oxygens (including phenoxy) is 1. The highest BCUT2D eigenvalue weighted by Gasteiger charge is 2.43. The summed E-state index contributed by atoms with van der Waals surface area (Å²) in [6.07, 6.45) is 5.37. The third-order valence-electron chi connectivity index (χ3n) is 6.15. The molecule has 2 amide bonds. The molecule has 0 aromatic heterocycles. The molecule has 6 heteroatoms. The van der Waals surface area contributed by atoms with Crippen LogP contribution in [0.15, 0.2) is 48.5 Å². The van der Waals surface area contributed by atoms with Gasteiger partial charge in [0.2, 0.25) is 5.91 Å². The van der Waals surface area contributed by atoms with Gasteiger partial charge in [0.15, 0.2) is 0 Å². The van der Waals surface area contributed by atoms with Crippen molar-refractivity contribution in [1.82, 2.24) is 9.80 Å². The van der Waals surface area contributed by atoms with Gasteiger partial charge in [0, 0.05) is 17.6 Å². The molecule has 1 aliphatic heterocycles. The highest BCUT2D eigenvalue weighted by Crippen LogP contribution is 2.34. The Morgan fingerprint density at radius 3 is 2.47 bits per heavy atom. The maximum atomic E-state index is 13.7. The quantitative estimate of drug-likeness (QED) is 0.702. The third-order valence-corrected chi connectivity index (χ3v) is 6.40. The average Bonchev–Trinajstić information content (AvgIpc) is 2.78. The predicted molar refractivity (Wildman–Crippen MR) is 116 cm³/mol. The summed E-state index contributed by atoms with van der Waals surface area (Å²) in [4.78, 5) is 30.5. The molecular formula is C24H27ClN2O3. The Morgan fingerprint density at radius 1 is 1.03 bits per heavy atom. The van der Waals surface area contributed by atoms with Crippen LogP contribution in [-0.2, 0) is 16.1 Å². The van der Waals surface area contributed by atoms with E-state index in [1.54, 1.807) is 12.0 Å². The number of nitrogens with zero attached hydrogens (tertiary/aromatic N) is 2. The Hall–Kier alpha value is -2.53. The minimum atomic E-state index is -0.654. The lowest BCUT2D eigenvalue weighted by Crippen LogP contribution is -2.58. The molecule has 2 fully saturated rings. The maximum Gasteiger partial charge on any atom is 0.250 e. The van der Waals surface area contributed by atoms with Crippen molar-refractivity contribution in [1.29, 1.82) is 0 Å². The van der Waals surface area contributed by atoms with Crippen LogP contribution in [0.2, 0.25) is 5.02 Å². The Kier molecular flexibility index (Phi) is 6.28. The van der Waals surface area contributed by atoms with Crippen molar-refractivity contribution < 1.29 is 14.3 Å². The van der Waals surface area contributed by atoms with Gasteiger partial charge in [0.05, 0.1) is 7.11 Å². The second kappa shape index (κ2) is 9.09. The second-order valence-electron chi connectivity index (χ2n) is 8.09. The highest BCUT2D eigenvalue weighted by atomic mass is 35.5. The van der Waals surface area contributed by atoms with E-state index in [9.17, 15) is 9.59 Å². The van der Waals surface area contributed by atoms with E-state index in [-0.39, 0.29) is 24.4 Å². The van der Waals surface area contributed by atoms with Gasteiger partial charge in [0.1, 0.15) is 18.3 Å². The molecule has 0 unspecified atom stereocenters. The van der Waals surface area contributed by atoms with Gasteiger partial charge < -0.3 is 14.5 Å². The van der Waals surface area contributed by atoms with Crippen molar-refractivity contribution in [3.8, 4) is 5.75 Å². The summed E-state index contributed by atoms with van der Waals surface area (Å²) >= 11 is 6.01. The zero-order chi connectivity index (χ0) is 21.1. The van der Waals surface area contributed by atoms with E-state index in [0.29, 0.717) is 17.3 Å². The highest BCUT2D eigenvalue weighted by molar-refractivity contribution is 6.30. The van der Waals surface area contributed by atoms with Gasteiger partial charge in [-0.1, -0.05) is 55.1 Å². The molecule has 4 rings (SSSR count). The van der Waals surface area contributed by atoms with Crippen LogP contribution >= 0.6 is 11.6 Å². The molecule has 1 heterocycles. The van der Waals surface area contributed by atoms with Crippen molar-refractivity contribution in [2.24, 2.45) is 0 Å². The van der Waals surface area contributed by atoms with E-state index in [0.717, 1.165) is 36.8 Å². The minimum Gasteiger partial charge on any atom is -0.497 e. The molecule has 1 saturated heterocycles. The second-order valence-corrected chi connectivity index (χ2v) is 8.52. The number of hydrogen-bond donors (Lipinski definition) is 0. The zero-order valence-corrected chi connectivity index (χ0v) is 18.0. The van der Waals surface area contributed by atoms with Gasteiger partial charge >= 0.3 is 0 Å². The van der Waals surface area contributed by atoms with Gasteiger partial charge in [-0.3, -0.25) is 9.59 Å². The van der Waals surface area contributed by atoms with Gasteiger partial charge in [-0.2, -0.15) is 0 Å². The van der Waals surface area contributed by atoms with Crippen LogP contribution in [0.3, 0.4) is 0 Å². The molecule has 1 aliphatic carbocycles. The summed E-state index contributed by atoms with van der Waals surface area (Å²) in [6.45, 7) is 0.514. The van der Waals surface area contributed by atoms with Crippen LogP contribution < -0.4 is 4.74 Å². The SMILES string of the molecule is COc1cccc([C@@H]2C(=O)N(C3CCCCC3)CC(=O)N2Cc2ccc(Cl)cc2)c1. The minimum absolute atomic E-state index is 0.00344. The molecular weight excluding hydrogens is 400 g/mol. The average molecular weight is 427 g/mol. The van der Waals surface area contributed by atoms with E-state index < -0.39 is 6.04 Å². The standard InChI is InChI=1S/C24H27ClN2O3/c1-30-21-9-5-6-18(14-21)23-24(29)26(20-7-3-2-4-8-20)16-22(28)27(23)15-17-10-12-19(25)13-11-17/h5-6,9-14,20,23H,2-4,7-8,15-16H2,1H3/t23-/m1/s1. The Bertz CT molecular complexity index is 909. The van der Waals surface area contributed by atoms with Crippen molar-refractivity contribution >= 4 is 23.4 Å². The van der Waals surface area contributed by atoms with Crippen molar-refractivity contribution in [3.05, 3.63) is 64.7 Å². The summed E-state index contributed by atoms with van der Waals surface area (Å²) in [6, 6.07) is 14.4. The van der Waals surface area contributed by atoms with Crippen LogP contribution in [0.4, 0.5) is 0 Å². The topological polar surface area (TPSA) is 49.9 Å². The molecule has 2 aromatic carbocycles. The van der Waals surface area contributed by atoms with E-state index in [1.807, 2.05) is 53.4 Å². The van der Waals surface area contributed by atoms with E-state index >= 15 is 0 Å². The summed E-state index contributed by atoms with van der Waals surface area (Å²) in [7, 11) is 1.60. The van der Waals surface area contributed by atoms with E-state index in [4.69, 9.17) is 16.3 Å². The number of hydrogen-bond acceptors (Lipinski definition) is 3. The zero-order valence-electron chi connectivity index (χ0n) is 17.2. The van der Waals surface area contributed by atoms with Gasteiger partial charge in [-0.05, 0) is 48.2 Å². The largest absolute Gasteiger partial charge is 0.497 e. The van der Waals surface area contributed by atoms with Crippen LogP contribution in [-0.4, -0.2) is 41.3 Å². The lowest BCUT2D eigenvalue weighted by molar-refractivity contribution is -0.160. The van der Waals surface area contributed by atoms with Crippen LogP contribution in [0.1, 0.15) is 49.3 Å². The molecule has 1 atom stereocenters. The lowest BCUT2D eigenvalue weighted by Gasteiger charge is -2.44. The fraction of sp³-hybridized carbons (Fsp3) is 0.417. The maximum absolute atomic E-state index is 13.7. The molecule has 2 aliphatic rings. The first-order chi connectivity index (χ1) is 14.6. The first-order valence-corrected chi connectivity index (χ1v) is 10.9. The first kappa shape index (κ1) is 20.7. The summed E-state index contributed by atoms with van der Waals surface area (Å²) in [5, 5.41) is 0.646. The van der Waals surface area contributed by atoms with E-state index in [2.05, 4.69) is 0 Å². The number of rotatable bonds is 5. The predicted octanol–water partition coefficient (Wildman–Crippen LogP) is 4.59. The number of carbonyl (C=O) groups is 2. The molecule has 5 nitrogen and oxygen atoms in total. The van der Waals surface area contributed by atoms with E-state index in [1.165, 1.54) is 6.42 Å². The van der Waals surface area contributed by atoms with Gasteiger partial charge in [-0.15, -0.1) is 0 Å². The summed E-state index contributed by atoms with van der Waals surface area (Å²) in [5.41, 5.74) is 1.72.